The van der Waals surface area contributed by atoms with Gasteiger partial charge >= 0.3 is 5.97 Å². The van der Waals surface area contributed by atoms with Gasteiger partial charge < -0.3 is 10.4 Å². The summed E-state index contributed by atoms with van der Waals surface area (Å²) in [5.41, 5.74) is -1.11. The normalized spacial score (nSPS) is 10.7. The van der Waals surface area contributed by atoms with Crippen molar-refractivity contribution in [2.24, 2.45) is 0 Å². The first-order valence-corrected chi connectivity index (χ1v) is 6.14. The van der Waals surface area contributed by atoms with Crippen LogP contribution >= 0.6 is 11.3 Å². The van der Waals surface area contributed by atoms with Gasteiger partial charge in [0.1, 0.15) is 5.69 Å². The molecule has 0 saturated carbocycles. The molecule has 4 nitrogen and oxygen atoms in total. The van der Waals surface area contributed by atoms with Gasteiger partial charge in [0.05, 0.1) is 12.2 Å². The highest BCUT2D eigenvalue weighted by Crippen LogP contribution is 2.27. The van der Waals surface area contributed by atoms with Crippen molar-refractivity contribution in [2.45, 2.75) is 6.54 Å². The molecule has 0 bridgehead atoms. The molecule has 2 rings (SSSR count). The average Bonchev–Trinajstić information content (AvgIpc) is 2.92. The Morgan fingerprint density at radius 1 is 1.10 bits per heavy atom. The fourth-order valence-corrected chi connectivity index (χ4v) is 2.08. The number of carboxylic acid groups (broad SMARTS) is 1. The Morgan fingerprint density at radius 2 is 1.62 bits per heavy atom. The van der Waals surface area contributed by atoms with Gasteiger partial charge in [-0.2, -0.15) is 0 Å². The molecule has 0 aliphatic carbocycles. The van der Waals surface area contributed by atoms with Gasteiger partial charge in [0.15, 0.2) is 23.3 Å². The van der Waals surface area contributed by atoms with Gasteiger partial charge in [-0.1, -0.05) is 0 Å². The Balaban J connectivity index is 2.26. The highest BCUT2D eigenvalue weighted by Gasteiger charge is 2.25. The topological polar surface area (TPSA) is 62.2 Å². The Hall–Kier alpha value is -2.23. The fraction of sp³-hybridized carbons (Fsp3) is 0.0909. The maximum Gasteiger partial charge on any atom is 0.365 e. The summed E-state index contributed by atoms with van der Waals surface area (Å²) < 4.78 is 65.4. The van der Waals surface area contributed by atoms with Crippen molar-refractivity contribution in [3.05, 3.63) is 45.2 Å². The lowest BCUT2D eigenvalue weighted by molar-refractivity contribution is 0.0696. The van der Waals surface area contributed by atoms with E-state index >= 15 is 0 Å². The van der Waals surface area contributed by atoms with Gasteiger partial charge in [-0.15, -0.1) is 11.3 Å². The highest BCUT2D eigenvalue weighted by molar-refractivity contribution is 7.11. The molecular formula is C11H5F5N2O2S. The maximum absolute atomic E-state index is 13.3. The van der Waals surface area contributed by atoms with Crippen LogP contribution in [0.4, 0.5) is 27.6 Å². The summed E-state index contributed by atoms with van der Waals surface area (Å²) in [4.78, 5) is 14.2. The van der Waals surface area contributed by atoms with Crippen LogP contribution in [0.3, 0.4) is 0 Å². The van der Waals surface area contributed by atoms with Crippen LogP contribution in [-0.2, 0) is 6.54 Å². The monoisotopic (exact) mass is 324 g/mol. The lowest BCUT2D eigenvalue weighted by Gasteiger charge is -2.09. The number of aromatic carboxylic acids is 1. The molecule has 0 radical (unpaired) electrons. The van der Waals surface area contributed by atoms with E-state index in [2.05, 4.69) is 4.98 Å². The zero-order chi connectivity index (χ0) is 15.7. The van der Waals surface area contributed by atoms with Crippen LogP contribution in [0.25, 0.3) is 0 Å². The summed E-state index contributed by atoms with van der Waals surface area (Å²) in [5, 5.41) is 11.7. The minimum atomic E-state index is -2.25. The molecule has 10 heteroatoms. The molecule has 0 amide bonds. The molecule has 1 aromatic carbocycles. The predicted molar refractivity (Wildman–Crippen MR) is 62.6 cm³/mol. The number of halogens is 5. The summed E-state index contributed by atoms with van der Waals surface area (Å²) in [6.45, 7) is -0.401. The van der Waals surface area contributed by atoms with E-state index in [1.54, 1.807) is 0 Å². The van der Waals surface area contributed by atoms with Crippen LogP contribution in [0.5, 0.6) is 0 Å². The third-order valence-electron chi connectivity index (χ3n) is 2.39. The Kier molecular flexibility index (Phi) is 4.07. The molecule has 0 aliphatic heterocycles. The molecular weight excluding hydrogens is 319 g/mol. The van der Waals surface area contributed by atoms with Crippen LogP contribution in [-0.4, -0.2) is 16.1 Å². The van der Waals surface area contributed by atoms with Crippen molar-refractivity contribution < 1.29 is 31.9 Å². The molecule has 1 aromatic heterocycles. The van der Waals surface area contributed by atoms with Gasteiger partial charge in [-0.25, -0.2) is 31.7 Å². The first-order valence-electron chi connectivity index (χ1n) is 5.26. The molecule has 0 saturated heterocycles. The van der Waals surface area contributed by atoms with E-state index in [4.69, 9.17) is 5.11 Å². The first-order chi connectivity index (χ1) is 9.82. The number of hydrogen-bond acceptors (Lipinski definition) is 4. The molecule has 2 aromatic rings. The van der Waals surface area contributed by atoms with Crippen LogP contribution < -0.4 is 5.32 Å². The zero-order valence-electron chi connectivity index (χ0n) is 9.89. The van der Waals surface area contributed by atoms with Crippen molar-refractivity contribution >= 4 is 23.0 Å². The third kappa shape index (κ3) is 2.79. The highest BCUT2D eigenvalue weighted by atomic mass is 32.1. The summed E-state index contributed by atoms with van der Waals surface area (Å²) in [5.74, 6) is -11.7. The van der Waals surface area contributed by atoms with E-state index in [0.717, 1.165) is 11.3 Å². The quantitative estimate of drug-likeness (QED) is 0.515. The molecule has 0 unspecified atom stereocenters. The molecule has 0 atom stereocenters. The maximum atomic E-state index is 13.3. The minimum Gasteiger partial charge on any atom is -0.476 e. The Morgan fingerprint density at radius 3 is 2.10 bits per heavy atom. The van der Waals surface area contributed by atoms with Gasteiger partial charge in [0.25, 0.3) is 0 Å². The van der Waals surface area contributed by atoms with E-state index < -0.39 is 47.3 Å². The van der Waals surface area contributed by atoms with E-state index in [9.17, 15) is 26.7 Å². The smallest absolute Gasteiger partial charge is 0.365 e. The lowest BCUT2D eigenvalue weighted by Crippen LogP contribution is -2.10. The standard InChI is InChI=1S/C11H5F5N2O2S/c12-4-5(13)7(15)9(8(16)6(4)14)17-1-3-2-21-10(18-3)11(19)20/h2,17H,1H2,(H,19,20). The van der Waals surface area contributed by atoms with Crippen molar-refractivity contribution in [2.75, 3.05) is 5.32 Å². The SMILES string of the molecule is O=C(O)c1nc(CNc2c(F)c(F)c(F)c(F)c2F)cs1. The Bertz CT molecular complexity index is 690. The average molecular weight is 324 g/mol. The van der Waals surface area contributed by atoms with Crippen LogP contribution in [0.15, 0.2) is 5.38 Å². The summed E-state index contributed by atoms with van der Waals surface area (Å²) in [7, 11) is 0. The van der Waals surface area contributed by atoms with E-state index in [1.165, 1.54) is 5.38 Å². The molecule has 21 heavy (non-hydrogen) atoms. The van der Waals surface area contributed by atoms with Crippen molar-refractivity contribution in [1.82, 2.24) is 4.98 Å². The van der Waals surface area contributed by atoms with Gasteiger partial charge in [0.2, 0.25) is 10.8 Å². The second-order valence-corrected chi connectivity index (χ2v) is 4.61. The van der Waals surface area contributed by atoms with Crippen LogP contribution in [0, 0.1) is 29.1 Å². The second-order valence-electron chi connectivity index (χ2n) is 3.75. The minimum absolute atomic E-state index is 0.0846. The van der Waals surface area contributed by atoms with Crippen molar-refractivity contribution in [3.63, 3.8) is 0 Å². The summed E-state index contributed by atoms with van der Waals surface area (Å²) in [6.07, 6.45) is 0. The second kappa shape index (κ2) is 5.64. The number of hydrogen-bond donors (Lipinski definition) is 2. The van der Waals surface area contributed by atoms with Gasteiger partial charge in [0, 0.05) is 5.38 Å². The largest absolute Gasteiger partial charge is 0.476 e. The number of thiazole rings is 1. The zero-order valence-corrected chi connectivity index (χ0v) is 10.7. The Labute approximate surface area is 117 Å². The molecule has 2 N–H and O–H groups in total. The number of nitrogens with one attached hydrogen (secondary N) is 1. The number of carboxylic acids is 1. The van der Waals surface area contributed by atoms with E-state index in [1.807, 2.05) is 5.32 Å². The van der Waals surface area contributed by atoms with Gasteiger partial charge in [-0.05, 0) is 0 Å². The molecule has 0 fully saturated rings. The number of rotatable bonds is 4. The molecule has 112 valence electrons. The van der Waals surface area contributed by atoms with Crippen LogP contribution in [0.1, 0.15) is 15.5 Å². The van der Waals surface area contributed by atoms with E-state index in [0.29, 0.717) is 0 Å². The van der Waals surface area contributed by atoms with E-state index in [-0.39, 0.29) is 10.7 Å². The lowest BCUT2D eigenvalue weighted by atomic mass is 10.2. The third-order valence-corrected chi connectivity index (χ3v) is 3.27. The number of carbonyl (C=O) groups is 1. The van der Waals surface area contributed by atoms with Crippen molar-refractivity contribution in [3.8, 4) is 0 Å². The number of aromatic nitrogens is 1. The number of benzene rings is 1. The fourth-order valence-electron chi connectivity index (χ4n) is 1.43. The number of nitrogens with zero attached hydrogens (tertiary/aromatic N) is 1. The number of anilines is 1. The molecule has 0 aliphatic rings. The molecule has 1 heterocycles. The van der Waals surface area contributed by atoms with Gasteiger partial charge in [-0.3, -0.25) is 0 Å². The first kappa shape index (κ1) is 15.2. The predicted octanol–water partition coefficient (Wildman–Crippen LogP) is 3.15. The van der Waals surface area contributed by atoms with Crippen molar-refractivity contribution in [1.29, 1.82) is 0 Å². The summed E-state index contributed by atoms with van der Waals surface area (Å²) in [6, 6.07) is 0. The molecule has 0 spiro atoms. The van der Waals surface area contributed by atoms with Crippen LogP contribution in [0.2, 0.25) is 0 Å². The summed E-state index contributed by atoms with van der Waals surface area (Å²) >= 11 is 0.764.